The number of nitrogens with one attached hydrogen (secondary N) is 1. The monoisotopic (exact) mass is 191 g/mol. The van der Waals surface area contributed by atoms with Crippen LogP contribution in [0.15, 0.2) is 36.0 Å². The SMILES string of the molecule is C=C1C=CC(CC(=O)NCCC)=CC1. The Balaban J connectivity index is 2.34. The fourth-order valence-electron chi connectivity index (χ4n) is 1.27. The molecule has 14 heavy (non-hydrogen) atoms. The lowest BCUT2D eigenvalue weighted by molar-refractivity contribution is -0.120. The van der Waals surface area contributed by atoms with E-state index in [1.54, 1.807) is 0 Å². The average Bonchev–Trinajstić information content (AvgIpc) is 2.18. The molecule has 0 heterocycles. The van der Waals surface area contributed by atoms with E-state index in [2.05, 4.69) is 18.0 Å². The Morgan fingerprint density at radius 2 is 2.36 bits per heavy atom. The minimum atomic E-state index is 0.107. The van der Waals surface area contributed by atoms with Gasteiger partial charge in [0, 0.05) is 6.54 Å². The first-order chi connectivity index (χ1) is 6.72. The molecule has 1 aliphatic rings. The van der Waals surface area contributed by atoms with Gasteiger partial charge in [-0.1, -0.05) is 37.3 Å². The number of amides is 1. The second-order valence-electron chi connectivity index (χ2n) is 3.50. The lowest BCUT2D eigenvalue weighted by Crippen LogP contribution is -2.24. The number of carbonyl (C=O) groups excluding carboxylic acids is 1. The van der Waals surface area contributed by atoms with E-state index in [0.29, 0.717) is 6.42 Å². The van der Waals surface area contributed by atoms with Crippen LogP contribution in [0.3, 0.4) is 0 Å². The predicted octanol–water partition coefficient (Wildman–Crippen LogP) is 2.35. The Bertz CT molecular complexity index is 287. The summed E-state index contributed by atoms with van der Waals surface area (Å²) in [6, 6.07) is 0. The molecule has 1 rings (SSSR count). The maximum atomic E-state index is 11.3. The minimum absolute atomic E-state index is 0.107. The Morgan fingerprint density at radius 1 is 1.57 bits per heavy atom. The van der Waals surface area contributed by atoms with Crippen LogP contribution in [0.1, 0.15) is 26.2 Å². The lowest BCUT2D eigenvalue weighted by atomic mass is 10.0. The quantitative estimate of drug-likeness (QED) is 0.726. The zero-order chi connectivity index (χ0) is 10.4. The minimum Gasteiger partial charge on any atom is -0.356 e. The second kappa shape index (κ2) is 5.43. The van der Waals surface area contributed by atoms with Gasteiger partial charge in [0.1, 0.15) is 0 Å². The summed E-state index contributed by atoms with van der Waals surface area (Å²) >= 11 is 0. The highest BCUT2D eigenvalue weighted by molar-refractivity contribution is 5.79. The molecule has 0 aromatic carbocycles. The molecule has 0 unspecified atom stereocenters. The van der Waals surface area contributed by atoms with Crippen molar-refractivity contribution >= 4 is 5.91 Å². The van der Waals surface area contributed by atoms with Gasteiger partial charge < -0.3 is 5.32 Å². The van der Waals surface area contributed by atoms with E-state index in [1.165, 1.54) is 0 Å². The summed E-state index contributed by atoms with van der Waals surface area (Å²) in [6.07, 6.45) is 8.35. The number of rotatable bonds is 4. The summed E-state index contributed by atoms with van der Waals surface area (Å²) in [5.74, 6) is 0.107. The normalized spacial score (nSPS) is 15.2. The van der Waals surface area contributed by atoms with Gasteiger partial charge >= 0.3 is 0 Å². The third-order valence-corrected chi connectivity index (χ3v) is 2.10. The van der Waals surface area contributed by atoms with Crippen LogP contribution in [-0.4, -0.2) is 12.5 Å². The number of hydrogen-bond acceptors (Lipinski definition) is 1. The average molecular weight is 191 g/mol. The number of allylic oxidation sites excluding steroid dienone is 4. The molecule has 0 spiro atoms. The number of carbonyl (C=O) groups is 1. The van der Waals surface area contributed by atoms with Gasteiger partial charge in [0.2, 0.25) is 5.91 Å². The molecule has 0 radical (unpaired) electrons. The third kappa shape index (κ3) is 3.60. The summed E-state index contributed by atoms with van der Waals surface area (Å²) < 4.78 is 0. The van der Waals surface area contributed by atoms with Gasteiger partial charge in [-0.3, -0.25) is 4.79 Å². The van der Waals surface area contributed by atoms with Crippen molar-refractivity contribution in [3.05, 3.63) is 36.0 Å². The predicted molar refractivity (Wildman–Crippen MR) is 58.9 cm³/mol. The molecule has 0 aromatic rings. The van der Waals surface area contributed by atoms with Crippen LogP contribution in [-0.2, 0) is 4.79 Å². The van der Waals surface area contributed by atoms with Gasteiger partial charge in [-0.05, 0) is 18.4 Å². The van der Waals surface area contributed by atoms with Crippen LogP contribution in [0.25, 0.3) is 0 Å². The maximum absolute atomic E-state index is 11.3. The Labute approximate surface area is 85.4 Å². The highest BCUT2D eigenvalue weighted by atomic mass is 16.1. The topological polar surface area (TPSA) is 29.1 Å². The van der Waals surface area contributed by atoms with Gasteiger partial charge in [0.15, 0.2) is 0 Å². The molecule has 0 saturated heterocycles. The molecule has 0 fully saturated rings. The van der Waals surface area contributed by atoms with Crippen LogP contribution in [0.4, 0.5) is 0 Å². The van der Waals surface area contributed by atoms with E-state index in [1.807, 2.05) is 19.1 Å². The Morgan fingerprint density at radius 3 is 2.93 bits per heavy atom. The summed E-state index contributed by atoms with van der Waals surface area (Å²) in [4.78, 5) is 11.3. The lowest BCUT2D eigenvalue weighted by Gasteiger charge is -2.08. The molecule has 2 nitrogen and oxygen atoms in total. The van der Waals surface area contributed by atoms with Crippen LogP contribution in [0, 0.1) is 0 Å². The Hall–Kier alpha value is -1.31. The van der Waals surface area contributed by atoms with Crippen molar-refractivity contribution in [3.8, 4) is 0 Å². The fourth-order valence-corrected chi connectivity index (χ4v) is 1.27. The summed E-state index contributed by atoms with van der Waals surface area (Å²) in [6.45, 7) is 6.66. The van der Waals surface area contributed by atoms with Crippen molar-refractivity contribution < 1.29 is 4.79 Å². The molecular weight excluding hydrogens is 174 g/mol. The van der Waals surface area contributed by atoms with Crippen molar-refractivity contribution in [3.63, 3.8) is 0 Å². The van der Waals surface area contributed by atoms with Crippen LogP contribution < -0.4 is 5.32 Å². The molecule has 1 aliphatic carbocycles. The van der Waals surface area contributed by atoms with E-state index in [-0.39, 0.29) is 5.91 Å². The van der Waals surface area contributed by atoms with Crippen LogP contribution in [0.5, 0.6) is 0 Å². The molecule has 0 bridgehead atoms. The van der Waals surface area contributed by atoms with Gasteiger partial charge in [0.05, 0.1) is 6.42 Å². The third-order valence-electron chi connectivity index (χ3n) is 2.10. The first-order valence-corrected chi connectivity index (χ1v) is 5.04. The van der Waals surface area contributed by atoms with E-state index >= 15 is 0 Å². The molecule has 1 N–H and O–H groups in total. The van der Waals surface area contributed by atoms with Gasteiger partial charge in [0.25, 0.3) is 0 Å². The van der Waals surface area contributed by atoms with Crippen LogP contribution >= 0.6 is 0 Å². The largest absolute Gasteiger partial charge is 0.356 e. The molecular formula is C12H17NO. The molecule has 76 valence electrons. The molecule has 1 amide bonds. The molecule has 0 aliphatic heterocycles. The zero-order valence-corrected chi connectivity index (χ0v) is 8.68. The van der Waals surface area contributed by atoms with Gasteiger partial charge in [-0.25, -0.2) is 0 Å². The van der Waals surface area contributed by atoms with E-state index in [4.69, 9.17) is 0 Å². The molecule has 0 atom stereocenters. The first-order valence-electron chi connectivity index (χ1n) is 5.04. The van der Waals surface area contributed by atoms with Gasteiger partial charge in [-0.15, -0.1) is 0 Å². The van der Waals surface area contributed by atoms with Crippen molar-refractivity contribution in [2.75, 3.05) is 6.54 Å². The zero-order valence-electron chi connectivity index (χ0n) is 8.68. The molecule has 0 aromatic heterocycles. The summed E-state index contributed by atoms with van der Waals surface area (Å²) in [7, 11) is 0. The first kappa shape index (κ1) is 10.8. The van der Waals surface area contributed by atoms with Gasteiger partial charge in [-0.2, -0.15) is 0 Å². The second-order valence-corrected chi connectivity index (χ2v) is 3.50. The van der Waals surface area contributed by atoms with Crippen molar-refractivity contribution in [2.45, 2.75) is 26.2 Å². The number of hydrogen-bond donors (Lipinski definition) is 1. The molecule has 2 heteroatoms. The molecule has 0 saturated carbocycles. The maximum Gasteiger partial charge on any atom is 0.224 e. The highest BCUT2D eigenvalue weighted by Crippen LogP contribution is 2.15. The standard InChI is InChI=1S/C12H17NO/c1-3-8-13-12(14)9-11-6-4-10(2)5-7-11/h4,6-7H,2-3,5,8-9H2,1H3,(H,13,14). The summed E-state index contributed by atoms with van der Waals surface area (Å²) in [5, 5.41) is 2.85. The van der Waals surface area contributed by atoms with Crippen molar-refractivity contribution in [2.24, 2.45) is 0 Å². The van der Waals surface area contributed by atoms with E-state index in [9.17, 15) is 4.79 Å². The highest BCUT2D eigenvalue weighted by Gasteiger charge is 2.05. The summed E-state index contributed by atoms with van der Waals surface area (Å²) in [5.41, 5.74) is 2.19. The fraction of sp³-hybridized carbons (Fsp3) is 0.417. The van der Waals surface area contributed by atoms with E-state index in [0.717, 1.165) is 30.5 Å². The van der Waals surface area contributed by atoms with E-state index < -0.39 is 0 Å². The smallest absolute Gasteiger partial charge is 0.224 e. The van der Waals surface area contributed by atoms with Crippen LogP contribution in [0.2, 0.25) is 0 Å². The Kier molecular flexibility index (Phi) is 4.17. The van der Waals surface area contributed by atoms with Crippen molar-refractivity contribution in [1.29, 1.82) is 0 Å². The van der Waals surface area contributed by atoms with Crippen molar-refractivity contribution in [1.82, 2.24) is 5.32 Å².